The molecule has 0 aliphatic rings. The predicted octanol–water partition coefficient (Wildman–Crippen LogP) is 2.77. The lowest BCUT2D eigenvalue weighted by atomic mass is 9.94. The van der Waals surface area contributed by atoms with Crippen molar-refractivity contribution in [2.24, 2.45) is 5.92 Å². The summed E-state index contributed by atoms with van der Waals surface area (Å²) in [7, 11) is 0. The number of carboxylic acids is 1. The Morgan fingerprint density at radius 1 is 1.50 bits per heavy atom. The third-order valence-electron chi connectivity index (χ3n) is 2.59. The Morgan fingerprint density at radius 3 is 2.67 bits per heavy atom. The van der Waals surface area contributed by atoms with Crippen molar-refractivity contribution in [1.82, 2.24) is 0 Å². The number of hydrogen-bond acceptors (Lipinski definition) is 3. The molecule has 1 aromatic carbocycles. The van der Waals surface area contributed by atoms with Gasteiger partial charge in [0.2, 0.25) is 5.60 Å². The van der Waals surface area contributed by atoms with Gasteiger partial charge in [0.1, 0.15) is 12.0 Å². The Kier molecular flexibility index (Phi) is 4.48. The van der Waals surface area contributed by atoms with E-state index in [1.165, 1.54) is 6.07 Å². The van der Waals surface area contributed by atoms with Crippen molar-refractivity contribution in [1.29, 1.82) is 0 Å². The largest absolute Gasteiger partial charge is 0.478 e. The van der Waals surface area contributed by atoms with Crippen LogP contribution in [-0.4, -0.2) is 23.0 Å². The first-order valence-electron chi connectivity index (χ1n) is 5.85. The van der Waals surface area contributed by atoms with Crippen LogP contribution in [0.15, 0.2) is 24.3 Å². The maximum atomic E-state index is 11.3. The summed E-state index contributed by atoms with van der Waals surface area (Å²) in [5.74, 6) is -0.418. The van der Waals surface area contributed by atoms with Gasteiger partial charge in [-0.2, -0.15) is 0 Å². The molecule has 0 radical (unpaired) electrons. The summed E-state index contributed by atoms with van der Waals surface area (Å²) in [6, 6.07) is 6.49. The summed E-state index contributed by atoms with van der Waals surface area (Å²) < 4.78 is 5.56. The van der Waals surface area contributed by atoms with Gasteiger partial charge >= 0.3 is 5.97 Å². The third kappa shape index (κ3) is 3.58. The number of ether oxygens (including phenoxy) is 1. The first-order valence-corrected chi connectivity index (χ1v) is 5.85. The number of rotatable bonds is 6. The minimum atomic E-state index is -1.28. The molecule has 1 rings (SSSR count). The van der Waals surface area contributed by atoms with Crippen molar-refractivity contribution in [3.05, 3.63) is 29.8 Å². The second-order valence-electron chi connectivity index (χ2n) is 4.93. The molecule has 98 valence electrons. The molecular weight excluding hydrogens is 232 g/mol. The van der Waals surface area contributed by atoms with Gasteiger partial charge in [0.25, 0.3) is 0 Å². The van der Waals surface area contributed by atoms with Gasteiger partial charge in [0.05, 0.1) is 0 Å². The van der Waals surface area contributed by atoms with E-state index in [2.05, 4.69) is 0 Å². The maximum Gasteiger partial charge on any atom is 0.347 e. The smallest absolute Gasteiger partial charge is 0.347 e. The molecule has 0 saturated carbocycles. The monoisotopic (exact) mass is 250 g/mol. The van der Waals surface area contributed by atoms with Gasteiger partial charge in [-0.15, -0.1) is 0 Å². The molecule has 0 aliphatic heterocycles. The van der Waals surface area contributed by atoms with Gasteiger partial charge in [-0.25, -0.2) is 4.79 Å². The van der Waals surface area contributed by atoms with Gasteiger partial charge in [-0.05, 0) is 25.0 Å². The topological polar surface area (TPSA) is 63.6 Å². The van der Waals surface area contributed by atoms with Crippen LogP contribution in [0.5, 0.6) is 5.75 Å². The molecule has 0 aliphatic carbocycles. The highest BCUT2D eigenvalue weighted by Gasteiger charge is 2.36. The molecule has 0 aromatic heterocycles. The maximum absolute atomic E-state index is 11.3. The number of benzene rings is 1. The van der Waals surface area contributed by atoms with Gasteiger partial charge in [-0.3, -0.25) is 4.79 Å². The van der Waals surface area contributed by atoms with E-state index in [0.29, 0.717) is 24.0 Å². The zero-order valence-electron chi connectivity index (χ0n) is 10.8. The second-order valence-corrected chi connectivity index (χ2v) is 4.93. The van der Waals surface area contributed by atoms with E-state index in [9.17, 15) is 14.7 Å². The van der Waals surface area contributed by atoms with Gasteiger partial charge in [0, 0.05) is 12.0 Å². The Balaban J connectivity index is 2.95. The highest BCUT2D eigenvalue weighted by atomic mass is 16.5. The summed E-state index contributed by atoms with van der Waals surface area (Å²) in [6.45, 7) is 5.42. The van der Waals surface area contributed by atoms with E-state index in [4.69, 9.17) is 4.74 Å². The molecule has 0 fully saturated rings. The Morgan fingerprint density at radius 2 is 2.17 bits per heavy atom. The van der Waals surface area contributed by atoms with Crippen LogP contribution in [-0.2, 0) is 4.79 Å². The van der Waals surface area contributed by atoms with Crippen LogP contribution in [0.3, 0.4) is 0 Å². The lowest BCUT2D eigenvalue weighted by Gasteiger charge is -2.28. The Hall–Kier alpha value is -1.84. The minimum Gasteiger partial charge on any atom is -0.478 e. The quantitative estimate of drug-likeness (QED) is 0.788. The number of hydrogen-bond donors (Lipinski definition) is 1. The molecular formula is C14H18O4. The first kappa shape index (κ1) is 14.2. The average molecular weight is 250 g/mol. The van der Waals surface area contributed by atoms with Crippen molar-refractivity contribution >= 4 is 12.3 Å². The van der Waals surface area contributed by atoms with Crippen LogP contribution < -0.4 is 4.74 Å². The summed E-state index contributed by atoms with van der Waals surface area (Å²) in [5.41, 5.74) is -0.819. The minimum absolute atomic E-state index is 0.195. The number of carbonyl (C=O) groups excluding carboxylic acids is 1. The average Bonchev–Trinajstić information content (AvgIpc) is 2.27. The molecule has 0 spiro atoms. The van der Waals surface area contributed by atoms with Gasteiger partial charge in [-0.1, -0.05) is 26.0 Å². The first-order chi connectivity index (χ1) is 8.37. The van der Waals surface area contributed by atoms with Crippen LogP contribution in [0.2, 0.25) is 0 Å². The lowest BCUT2D eigenvalue weighted by Crippen LogP contribution is -2.42. The number of carbonyl (C=O) groups is 2. The summed E-state index contributed by atoms with van der Waals surface area (Å²) in [4.78, 5) is 22.0. The van der Waals surface area contributed by atoms with E-state index >= 15 is 0 Å². The van der Waals surface area contributed by atoms with E-state index in [1.807, 2.05) is 13.8 Å². The molecule has 0 bridgehead atoms. The van der Waals surface area contributed by atoms with E-state index in [0.717, 1.165) is 0 Å². The Labute approximate surface area is 107 Å². The number of aliphatic carboxylic acids is 1. The summed E-state index contributed by atoms with van der Waals surface area (Å²) >= 11 is 0. The van der Waals surface area contributed by atoms with Gasteiger partial charge < -0.3 is 9.84 Å². The van der Waals surface area contributed by atoms with Crippen molar-refractivity contribution in [2.45, 2.75) is 32.8 Å². The second kappa shape index (κ2) is 5.67. The van der Waals surface area contributed by atoms with Gasteiger partial charge in [0.15, 0.2) is 0 Å². The van der Waals surface area contributed by atoms with Crippen LogP contribution in [0.4, 0.5) is 0 Å². The zero-order valence-corrected chi connectivity index (χ0v) is 10.8. The lowest BCUT2D eigenvalue weighted by molar-refractivity contribution is -0.155. The standard InChI is InChI=1S/C14H18O4/c1-10(2)8-14(3,13(16)17)18-12-6-4-5-11(7-12)9-15/h4-7,9-10H,8H2,1-3H3,(H,16,17). The van der Waals surface area contributed by atoms with Crippen molar-refractivity contribution in [2.75, 3.05) is 0 Å². The summed E-state index contributed by atoms with van der Waals surface area (Å²) in [5, 5.41) is 9.27. The van der Waals surface area contributed by atoms with Crippen LogP contribution in [0.25, 0.3) is 0 Å². The van der Waals surface area contributed by atoms with Crippen LogP contribution in [0.1, 0.15) is 37.6 Å². The molecule has 4 heteroatoms. The third-order valence-corrected chi connectivity index (χ3v) is 2.59. The molecule has 1 N–H and O–H groups in total. The fourth-order valence-corrected chi connectivity index (χ4v) is 1.86. The normalized spacial score (nSPS) is 14.0. The Bertz CT molecular complexity index is 439. The molecule has 1 unspecified atom stereocenters. The molecule has 0 amide bonds. The predicted molar refractivity (Wildman–Crippen MR) is 68.0 cm³/mol. The van der Waals surface area contributed by atoms with E-state index in [1.54, 1.807) is 25.1 Å². The fourth-order valence-electron chi connectivity index (χ4n) is 1.86. The summed E-state index contributed by atoms with van der Waals surface area (Å²) in [6.07, 6.45) is 1.10. The number of aldehydes is 1. The highest BCUT2D eigenvalue weighted by Crippen LogP contribution is 2.25. The molecule has 18 heavy (non-hydrogen) atoms. The highest BCUT2D eigenvalue weighted by molar-refractivity contribution is 5.78. The molecule has 0 heterocycles. The van der Waals surface area contributed by atoms with E-state index in [-0.39, 0.29) is 5.92 Å². The van der Waals surface area contributed by atoms with Crippen LogP contribution >= 0.6 is 0 Å². The van der Waals surface area contributed by atoms with Crippen molar-refractivity contribution in [3.8, 4) is 5.75 Å². The molecule has 1 aromatic rings. The fraction of sp³-hybridized carbons (Fsp3) is 0.429. The van der Waals surface area contributed by atoms with E-state index < -0.39 is 11.6 Å². The number of carboxylic acid groups (broad SMARTS) is 1. The molecule has 0 saturated heterocycles. The van der Waals surface area contributed by atoms with Crippen LogP contribution in [0, 0.1) is 5.92 Å². The zero-order chi connectivity index (χ0) is 13.8. The molecule has 4 nitrogen and oxygen atoms in total. The van der Waals surface area contributed by atoms with Crippen molar-refractivity contribution < 1.29 is 19.4 Å². The SMILES string of the molecule is CC(C)CC(C)(Oc1cccc(C=O)c1)C(=O)O. The van der Waals surface area contributed by atoms with Crippen molar-refractivity contribution in [3.63, 3.8) is 0 Å². The molecule has 1 atom stereocenters.